The van der Waals surface area contributed by atoms with Gasteiger partial charge in [-0.05, 0) is 46.9 Å². The zero-order valence-corrected chi connectivity index (χ0v) is 13.6. The van der Waals surface area contributed by atoms with Gasteiger partial charge in [-0.3, -0.25) is 10.1 Å². The molecule has 21 heavy (non-hydrogen) atoms. The maximum absolute atomic E-state index is 10.8. The number of nitrogens with zero attached hydrogens (tertiary/aromatic N) is 1. The fraction of sp³-hybridized carbons (Fsp3) is 0.143. The van der Waals surface area contributed by atoms with Crippen LogP contribution < -0.4 is 14.8 Å². The molecule has 6 nitrogen and oxygen atoms in total. The molecule has 1 N–H and O–H groups in total. The van der Waals surface area contributed by atoms with Crippen LogP contribution in [0.4, 0.5) is 17.1 Å². The molecule has 0 saturated carbocycles. The summed E-state index contributed by atoms with van der Waals surface area (Å²) < 4.78 is 11.0. The van der Waals surface area contributed by atoms with Gasteiger partial charge in [-0.1, -0.05) is 0 Å². The van der Waals surface area contributed by atoms with E-state index in [4.69, 9.17) is 9.47 Å². The van der Waals surface area contributed by atoms with Gasteiger partial charge in [0.25, 0.3) is 5.69 Å². The minimum Gasteiger partial charge on any atom is -0.497 e. The maximum atomic E-state index is 10.8. The summed E-state index contributed by atoms with van der Waals surface area (Å²) in [6.07, 6.45) is 0. The second kappa shape index (κ2) is 6.61. The van der Waals surface area contributed by atoms with Crippen molar-refractivity contribution in [3.05, 3.63) is 50.1 Å². The highest BCUT2D eigenvalue weighted by atomic mass is 127. The number of anilines is 2. The van der Waals surface area contributed by atoms with Crippen LogP contribution in [0.3, 0.4) is 0 Å². The molecule has 2 aromatic rings. The predicted octanol–water partition coefficient (Wildman–Crippen LogP) is 3.96. The summed E-state index contributed by atoms with van der Waals surface area (Å²) in [5.74, 6) is 1.35. The Morgan fingerprint density at radius 3 is 2.48 bits per heavy atom. The molecule has 0 aliphatic heterocycles. The van der Waals surface area contributed by atoms with Crippen LogP contribution in [0.25, 0.3) is 0 Å². The molecule has 2 aromatic carbocycles. The van der Waals surface area contributed by atoms with Crippen LogP contribution in [0.2, 0.25) is 0 Å². The van der Waals surface area contributed by atoms with Crippen molar-refractivity contribution in [1.29, 1.82) is 0 Å². The molecule has 0 atom stereocenters. The van der Waals surface area contributed by atoms with Gasteiger partial charge < -0.3 is 14.8 Å². The molecule has 0 fully saturated rings. The number of nitro benzene ring substituents is 1. The van der Waals surface area contributed by atoms with E-state index in [0.29, 0.717) is 15.1 Å². The van der Waals surface area contributed by atoms with E-state index in [1.165, 1.54) is 6.07 Å². The van der Waals surface area contributed by atoms with Gasteiger partial charge in [-0.25, -0.2) is 0 Å². The van der Waals surface area contributed by atoms with E-state index in [2.05, 4.69) is 5.32 Å². The molecule has 0 bridgehead atoms. The molecule has 0 amide bonds. The number of benzene rings is 2. The summed E-state index contributed by atoms with van der Waals surface area (Å²) >= 11 is 1.94. The molecular weight excluding hydrogens is 387 g/mol. The largest absolute Gasteiger partial charge is 0.497 e. The Labute approximate surface area is 135 Å². The average molecular weight is 400 g/mol. The van der Waals surface area contributed by atoms with Crippen molar-refractivity contribution in [3.8, 4) is 11.5 Å². The van der Waals surface area contributed by atoms with Gasteiger partial charge in [0.1, 0.15) is 11.5 Å². The zero-order chi connectivity index (χ0) is 15.4. The highest BCUT2D eigenvalue weighted by Gasteiger charge is 2.12. The van der Waals surface area contributed by atoms with Gasteiger partial charge in [0.2, 0.25) is 0 Å². The van der Waals surface area contributed by atoms with Crippen LogP contribution in [0.5, 0.6) is 11.5 Å². The zero-order valence-electron chi connectivity index (χ0n) is 11.4. The lowest BCUT2D eigenvalue weighted by Gasteiger charge is -2.13. The molecule has 7 heteroatoms. The molecule has 0 aromatic heterocycles. The van der Waals surface area contributed by atoms with Crippen LogP contribution >= 0.6 is 22.6 Å². The summed E-state index contributed by atoms with van der Waals surface area (Å²) in [6, 6.07) is 10.2. The maximum Gasteiger partial charge on any atom is 0.282 e. The summed E-state index contributed by atoms with van der Waals surface area (Å²) in [6.45, 7) is 0. The van der Waals surface area contributed by atoms with Crippen molar-refractivity contribution >= 4 is 39.7 Å². The molecule has 0 saturated heterocycles. The molecular formula is C14H13IN2O4. The fourth-order valence-electron chi connectivity index (χ4n) is 1.80. The second-order valence-corrected chi connectivity index (χ2v) is 5.28. The van der Waals surface area contributed by atoms with Crippen molar-refractivity contribution < 1.29 is 14.4 Å². The lowest BCUT2D eigenvalue weighted by molar-refractivity contribution is -0.385. The Morgan fingerprint density at radius 2 is 1.90 bits per heavy atom. The Morgan fingerprint density at radius 1 is 1.14 bits per heavy atom. The molecule has 0 aliphatic rings. The monoisotopic (exact) mass is 400 g/mol. The smallest absolute Gasteiger partial charge is 0.282 e. The van der Waals surface area contributed by atoms with Gasteiger partial charge in [0.05, 0.1) is 28.4 Å². The summed E-state index contributed by atoms with van der Waals surface area (Å²) in [4.78, 5) is 10.4. The lowest BCUT2D eigenvalue weighted by atomic mass is 10.2. The van der Waals surface area contributed by atoms with E-state index >= 15 is 0 Å². The summed E-state index contributed by atoms with van der Waals surface area (Å²) in [7, 11) is 3.16. The van der Waals surface area contributed by atoms with Crippen molar-refractivity contribution in [2.45, 2.75) is 0 Å². The Bertz CT molecular complexity index is 676. The first-order valence-electron chi connectivity index (χ1n) is 5.98. The third-order valence-electron chi connectivity index (χ3n) is 2.83. The Balaban J connectivity index is 2.33. The Hall–Kier alpha value is -2.03. The minimum absolute atomic E-state index is 0.0822. The minimum atomic E-state index is -0.405. The number of nitrogens with one attached hydrogen (secondary N) is 1. The van der Waals surface area contributed by atoms with E-state index < -0.39 is 4.92 Å². The van der Waals surface area contributed by atoms with E-state index in [-0.39, 0.29) is 5.69 Å². The second-order valence-electron chi connectivity index (χ2n) is 4.11. The average Bonchev–Trinajstić information content (AvgIpc) is 2.46. The number of halogens is 1. The van der Waals surface area contributed by atoms with Crippen LogP contribution in [0.15, 0.2) is 36.4 Å². The third-order valence-corrected chi connectivity index (χ3v) is 3.69. The number of hydrogen-bond acceptors (Lipinski definition) is 5. The first kappa shape index (κ1) is 15.4. The molecule has 2 rings (SSSR count). The molecule has 0 spiro atoms. The highest BCUT2D eigenvalue weighted by Crippen LogP contribution is 2.33. The quantitative estimate of drug-likeness (QED) is 0.467. The van der Waals surface area contributed by atoms with E-state index in [1.807, 2.05) is 22.6 Å². The van der Waals surface area contributed by atoms with Crippen LogP contribution in [-0.2, 0) is 0 Å². The van der Waals surface area contributed by atoms with Crippen LogP contribution in [-0.4, -0.2) is 19.1 Å². The van der Waals surface area contributed by atoms with Gasteiger partial charge in [0.15, 0.2) is 0 Å². The summed E-state index contributed by atoms with van der Waals surface area (Å²) in [5, 5.41) is 14.0. The number of ether oxygens (including phenoxy) is 2. The predicted molar refractivity (Wildman–Crippen MR) is 88.6 cm³/mol. The topological polar surface area (TPSA) is 73.6 Å². The standard InChI is InChI=1S/C14H13IN2O4/c1-20-10-4-6-14(21-2)12(8-10)16-9-3-5-13(17(18)19)11(15)7-9/h3-8,16H,1-2H3. The molecule has 0 heterocycles. The van der Waals surface area contributed by atoms with Crippen LogP contribution in [0.1, 0.15) is 0 Å². The van der Waals surface area contributed by atoms with Gasteiger partial charge in [-0.2, -0.15) is 0 Å². The van der Waals surface area contributed by atoms with Crippen LogP contribution in [0, 0.1) is 13.7 Å². The number of hydrogen-bond donors (Lipinski definition) is 1. The van der Waals surface area contributed by atoms with Gasteiger partial charge in [-0.15, -0.1) is 0 Å². The first-order chi connectivity index (χ1) is 10.0. The molecule has 0 radical (unpaired) electrons. The number of nitro groups is 1. The van der Waals surface area contributed by atoms with E-state index in [1.54, 1.807) is 44.6 Å². The number of rotatable bonds is 5. The van der Waals surface area contributed by atoms with Gasteiger partial charge in [0, 0.05) is 17.8 Å². The van der Waals surface area contributed by atoms with Crippen molar-refractivity contribution in [2.24, 2.45) is 0 Å². The first-order valence-corrected chi connectivity index (χ1v) is 7.06. The lowest BCUT2D eigenvalue weighted by Crippen LogP contribution is -1.97. The van der Waals surface area contributed by atoms with E-state index in [9.17, 15) is 10.1 Å². The normalized spacial score (nSPS) is 10.0. The van der Waals surface area contributed by atoms with Gasteiger partial charge >= 0.3 is 0 Å². The third kappa shape index (κ3) is 3.54. The SMILES string of the molecule is COc1ccc(OC)c(Nc2ccc([N+](=O)[O-])c(I)c2)c1. The molecule has 0 unspecified atom stereocenters. The summed E-state index contributed by atoms with van der Waals surface area (Å²) in [5.41, 5.74) is 1.54. The van der Waals surface area contributed by atoms with Crippen molar-refractivity contribution in [2.75, 3.05) is 19.5 Å². The molecule has 110 valence electrons. The highest BCUT2D eigenvalue weighted by molar-refractivity contribution is 14.1. The number of methoxy groups -OCH3 is 2. The van der Waals surface area contributed by atoms with Crippen molar-refractivity contribution in [3.63, 3.8) is 0 Å². The fourth-order valence-corrected chi connectivity index (χ4v) is 2.51. The molecule has 0 aliphatic carbocycles. The van der Waals surface area contributed by atoms with E-state index in [0.717, 1.165) is 11.4 Å². The van der Waals surface area contributed by atoms with Crippen molar-refractivity contribution in [1.82, 2.24) is 0 Å². The Kier molecular flexibility index (Phi) is 4.84.